The molecule has 0 aliphatic rings. The smallest absolute Gasteiger partial charge is 0.292 e. The van der Waals surface area contributed by atoms with E-state index in [1.165, 1.54) is 31.4 Å². The maximum absolute atomic E-state index is 12.0. The van der Waals surface area contributed by atoms with Crippen molar-refractivity contribution in [3.8, 4) is 11.5 Å². The largest absolute Gasteiger partial charge is 0.493 e. The third-order valence-corrected chi connectivity index (χ3v) is 3.27. The number of benzene rings is 2. The minimum atomic E-state index is -0.545. The number of amides is 1. The lowest BCUT2D eigenvalue weighted by Crippen LogP contribution is -2.09. The first-order chi connectivity index (χ1) is 12.0. The number of rotatable bonds is 7. The van der Waals surface area contributed by atoms with E-state index in [9.17, 15) is 14.9 Å². The topological polar surface area (TPSA) is 90.7 Å². The summed E-state index contributed by atoms with van der Waals surface area (Å²) in [6.07, 6.45) is 2.88. The van der Waals surface area contributed by atoms with E-state index in [1.807, 2.05) is 6.92 Å². The van der Waals surface area contributed by atoms with Crippen molar-refractivity contribution in [2.75, 3.05) is 19.0 Å². The highest BCUT2D eigenvalue weighted by Gasteiger charge is 2.13. The van der Waals surface area contributed by atoms with Crippen LogP contribution in [0.15, 0.2) is 48.5 Å². The number of anilines is 1. The fourth-order valence-corrected chi connectivity index (χ4v) is 2.15. The van der Waals surface area contributed by atoms with Gasteiger partial charge in [0.25, 0.3) is 5.69 Å². The summed E-state index contributed by atoms with van der Waals surface area (Å²) in [5.41, 5.74) is 0.719. The molecule has 2 rings (SSSR count). The minimum Gasteiger partial charge on any atom is -0.493 e. The number of nitro benzene ring substituents is 1. The van der Waals surface area contributed by atoms with Gasteiger partial charge < -0.3 is 14.8 Å². The zero-order valence-corrected chi connectivity index (χ0v) is 13.9. The first-order valence-corrected chi connectivity index (χ1v) is 7.58. The second-order valence-electron chi connectivity index (χ2n) is 4.94. The lowest BCUT2D eigenvalue weighted by Gasteiger charge is -2.09. The molecule has 1 amide bonds. The first kappa shape index (κ1) is 18.0. The molecule has 0 aliphatic carbocycles. The molecule has 2 aromatic rings. The van der Waals surface area contributed by atoms with Gasteiger partial charge >= 0.3 is 0 Å². The lowest BCUT2D eigenvalue weighted by atomic mass is 10.2. The highest BCUT2D eigenvalue weighted by atomic mass is 16.6. The van der Waals surface area contributed by atoms with Crippen molar-refractivity contribution >= 4 is 23.4 Å². The number of ether oxygens (including phenoxy) is 2. The van der Waals surface area contributed by atoms with Gasteiger partial charge in [0.2, 0.25) is 5.91 Å². The number of hydrogen-bond donors (Lipinski definition) is 1. The number of nitrogens with one attached hydrogen (secondary N) is 1. The quantitative estimate of drug-likeness (QED) is 0.471. The van der Waals surface area contributed by atoms with Crippen LogP contribution in [0.3, 0.4) is 0 Å². The van der Waals surface area contributed by atoms with Crippen molar-refractivity contribution in [2.45, 2.75) is 6.92 Å². The van der Waals surface area contributed by atoms with Crippen molar-refractivity contribution < 1.29 is 19.2 Å². The first-order valence-electron chi connectivity index (χ1n) is 7.58. The van der Waals surface area contributed by atoms with E-state index >= 15 is 0 Å². The van der Waals surface area contributed by atoms with Crippen LogP contribution in [0.2, 0.25) is 0 Å². The van der Waals surface area contributed by atoms with Crippen LogP contribution < -0.4 is 14.8 Å². The maximum atomic E-state index is 12.0. The van der Waals surface area contributed by atoms with Crippen molar-refractivity contribution in [2.24, 2.45) is 0 Å². The molecule has 0 bridgehead atoms. The Hall–Kier alpha value is -3.35. The second-order valence-corrected chi connectivity index (χ2v) is 4.94. The van der Waals surface area contributed by atoms with Gasteiger partial charge in [0.1, 0.15) is 5.69 Å². The molecule has 0 unspecified atom stereocenters. The molecule has 0 saturated carbocycles. The van der Waals surface area contributed by atoms with E-state index in [0.29, 0.717) is 18.1 Å². The zero-order chi connectivity index (χ0) is 18.2. The number of nitro groups is 1. The van der Waals surface area contributed by atoms with Crippen molar-refractivity contribution in [3.63, 3.8) is 0 Å². The number of hydrogen-bond acceptors (Lipinski definition) is 5. The van der Waals surface area contributed by atoms with Gasteiger partial charge in [-0.05, 0) is 36.8 Å². The van der Waals surface area contributed by atoms with Gasteiger partial charge in [0.15, 0.2) is 11.5 Å². The molecule has 0 aromatic heterocycles. The molecular weight excluding hydrogens is 324 g/mol. The Morgan fingerprint density at radius 3 is 2.68 bits per heavy atom. The molecule has 130 valence electrons. The minimum absolute atomic E-state index is 0.145. The predicted molar refractivity (Wildman–Crippen MR) is 94.9 cm³/mol. The number of carbonyl (C=O) groups excluding carboxylic acids is 1. The molecule has 0 aliphatic heterocycles. The van der Waals surface area contributed by atoms with Crippen LogP contribution in [0.4, 0.5) is 11.4 Å². The van der Waals surface area contributed by atoms with Gasteiger partial charge in [0, 0.05) is 12.1 Å². The summed E-state index contributed by atoms with van der Waals surface area (Å²) in [6.45, 7) is 2.39. The highest BCUT2D eigenvalue weighted by Crippen LogP contribution is 2.28. The fraction of sp³-hybridized carbons (Fsp3) is 0.167. The Labute approximate surface area is 145 Å². The lowest BCUT2D eigenvalue weighted by molar-refractivity contribution is -0.383. The third kappa shape index (κ3) is 4.81. The number of nitrogens with zero attached hydrogens (tertiary/aromatic N) is 1. The summed E-state index contributed by atoms with van der Waals surface area (Å²) in [5, 5.41) is 13.4. The van der Waals surface area contributed by atoms with Crippen LogP contribution in [0, 0.1) is 10.1 Å². The molecule has 25 heavy (non-hydrogen) atoms. The maximum Gasteiger partial charge on any atom is 0.292 e. The monoisotopic (exact) mass is 342 g/mol. The Kier molecular flexibility index (Phi) is 6.11. The SMILES string of the molecule is CCOc1ccc(C=CC(=O)Nc2ccccc2[N+](=O)[O-])cc1OC. The van der Waals surface area contributed by atoms with Gasteiger partial charge in [-0.3, -0.25) is 14.9 Å². The van der Waals surface area contributed by atoms with E-state index in [-0.39, 0.29) is 11.4 Å². The van der Waals surface area contributed by atoms with Crippen molar-refractivity contribution in [3.05, 3.63) is 64.2 Å². The van der Waals surface area contributed by atoms with Crippen LogP contribution >= 0.6 is 0 Å². The summed E-state index contributed by atoms with van der Waals surface area (Å²) in [5.74, 6) is 0.705. The van der Waals surface area contributed by atoms with E-state index in [2.05, 4.69) is 5.32 Å². The van der Waals surface area contributed by atoms with E-state index in [1.54, 1.807) is 30.3 Å². The summed E-state index contributed by atoms with van der Waals surface area (Å²) in [4.78, 5) is 22.4. The molecule has 0 heterocycles. The molecule has 0 fully saturated rings. The summed E-state index contributed by atoms with van der Waals surface area (Å²) >= 11 is 0. The predicted octanol–water partition coefficient (Wildman–Crippen LogP) is 3.65. The highest BCUT2D eigenvalue weighted by molar-refractivity contribution is 6.03. The Bertz CT molecular complexity index is 802. The third-order valence-electron chi connectivity index (χ3n) is 3.27. The van der Waals surface area contributed by atoms with Gasteiger partial charge in [0.05, 0.1) is 18.6 Å². The van der Waals surface area contributed by atoms with Crippen LogP contribution in [-0.4, -0.2) is 24.5 Å². The molecule has 2 aromatic carbocycles. The number of methoxy groups -OCH3 is 1. The van der Waals surface area contributed by atoms with Gasteiger partial charge in [-0.2, -0.15) is 0 Å². The molecule has 7 nitrogen and oxygen atoms in total. The van der Waals surface area contributed by atoms with Gasteiger partial charge in [-0.15, -0.1) is 0 Å². The normalized spacial score (nSPS) is 10.5. The molecule has 0 radical (unpaired) electrons. The number of para-hydroxylation sites is 2. The van der Waals surface area contributed by atoms with E-state index in [4.69, 9.17) is 9.47 Å². The Balaban J connectivity index is 2.12. The van der Waals surface area contributed by atoms with Gasteiger partial charge in [-0.1, -0.05) is 18.2 Å². The van der Waals surface area contributed by atoms with Crippen molar-refractivity contribution in [1.82, 2.24) is 0 Å². The van der Waals surface area contributed by atoms with Crippen molar-refractivity contribution in [1.29, 1.82) is 0 Å². The Morgan fingerprint density at radius 1 is 1.24 bits per heavy atom. The van der Waals surface area contributed by atoms with E-state index in [0.717, 1.165) is 5.56 Å². The standard InChI is InChI=1S/C18H18N2O5/c1-3-25-16-10-8-13(12-17(16)24-2)9-11-18(21)19-14-6-4-5-7-15(14)20(22)23/h4-12H,3H2,1-2H3,(H,19,21). The molecule has 1 N–H and O–H groups in total. The average molecular weight is 342 g/mol. The molecule has 0 spiro atoms. The molecule has 0 atom stereocenters. The average Bonchev–Trinajstić information content (AvgIpc) is 2.61. The van der Waals surface area contributed by atoms with Crippen LogP contribution in [-0.2, 0) is 4.79 Å². The second kappa shape index (κ2) is 8.49. The molecule has 7 heteroatoms. The van der Waals surface area contributed by atoms with Crippen LogP contribution in [0.25, 0.3) is 6.08 Å². The zero-order valence-electron chi connectivity index (χ0n) is 13.9. The van der Waals surface area contributed by atoms with Crippen LogP contribution in [0.5, 0.6) is 11.5 Å². The van der Waals surface area contributed by atoms with E-state index < -0.39 is 10.8 Å². The Morgan fingerprint density at radius 2 is 2.00 bits per heavy atom. The van der Waals surface area contributed by atoms with Gasteiger partial charge in [-0.25, -0.2) is 0 Å². The number of carbonyl (C=O) groups is 1. The summed E-state index contributed by atoms with van der Waals surface area (Å²) < 4.78 is 10.7. The summed E-state index contributed by atoms with van der Waals surface area (Å²) in [7, 11) is 1.53. The fourth-order valence-electron chi connectivity index (χ4n) is 2.15. The van der Waals surface area contributed by atoms with Crippen LogP contribution in [0.1, 0.15) is 12.5 Å². The molecular formula is C18H18N2O5. The summed E-state index contributed by atoms with van der Waals surface area (Å²) in [6, 6.07) is 11.2. The molecule has 0 saturated heterocycles.